The molecule has 4 rings (SSSR count). The van der Waals surface area contributed by atoms with Crippen LogP contribution in [-0.4, -0.2) is 30.7 Å². The van der Waals surface area contributed by atoms with Crippen molar-refractivity contribution in [3.8, 4) is 33.7 Å². The summed E-state index contributed by atoms with van der Waals surface area (Å²) in [7, 11) is -4.07. The molecule has 186 valence electrons. The van der Waals surface area contributed by atoms with Gasteiger partial charge in [-0.1, -0.05) is 59.8 Å². The molecule has 4 aromatic rings. The molecule has 2 N–H and O–H groups in total. The fraction of sp³-hybridized carbons (Fsp3) is 0.120. The molecule has 1 heterocycles. The van der Waals surface area contributed by atoms with Crippen LogP contribution in [0.1, 0.15) is 12.5 Å². The van der Waals surface area contributed by atoms with Crippen LogP contribution in [-0.2, 0) is 21.0 Å². The van der Waals surface area contributed by atoms with E-state index in [1.807, 2.05) is 4.72 Å². The van der Waals surface area contributed by atoms with Crippen molar-refractivity contribution in [3.05, 3.63) is 84.4 Å². The second kappa shape index (κ2) is 9.59. The highest BCUT2D eigenvalue weighted by Gasteiger charge is 2.34. The third kappa shape index (κ3) is 5.31. The molecule has 1 aromatic heterocycles. The first-order valence-electron chi connectivity index (χ1n) is 10.5. The van der Waals surface area contributed by atoms with Crippen molar-refractivity contribution in [2.24, 2.45) is 0 Å². The van der Waals surface area contributed by atoms with Gasteiger partial charge in [0.25, 0.3) is 0 Å². The minimum Gasteiger partial charge on any atom is -0.480 e. The van der Waals surface area contributed by atoms with Crippen molar-refractivity contribution in [1.29, 1.82) is 0 Å². The van der Waals surface area contributed by atoms with E-state index in [9.17, 15) is 26.4 Å². The second-order valence-corrected chi connectivity index (χ2v) is 9.62. The van der Waals surface area contributed by atoms with Gasteiger partial charge in [-0.25, -0.2) is 8.42 Å². The highest BCUT2D eigenvalue weighted by Crippen LogP contribution is 2.40. The first kappa shape index (κ1) is 25.1. The van der Waals surface area contributed by atoms with Crippen molar-refractivity contribution in [2.75, 3.05) is 0 Å². The number of rotatable bonds is 7. The quantitative estimate of drug-likeness (QED) is 0.338. The number of nitrogens with zero attached hydrogens (tertiary/aromatic N) is 1. The summed E-state index contributed by atoms with van der Waals surface area (Å²) in [4.78, 5) is 10.8. The molecule has 0 amide bonds. The number of carboxylic acids is 1. The van der Waals surface area contributed by atoms with Crippen LogP contribution < -0.4 is 4.72 Å². The maximum atomic E-state index is 13.8. The van der Waals surface area contributed by atoms with Crippen LogP contribution in [0, 0.1) is 0 Å². The van der Waals surface area contributed by atoms with Crippen LogP contribution in [0.15, 0.2) is 88.3 Å². The monoisotopic (exact) mass is 516 g/mol. The summed E-state index contributed by atoms with van der Waals surface area (Å²) >= 11 is 0. The Hall–Kier alpha value is -3.96. The van der Waals surface area contributed by atoms with Gasteiger partial charge in [0.2, 0.25) is 10.0 Å². The lowest BCUT2D eigenvalue weighted by Gasteiger charge is -2.14. The topological polar surface area (TPSA) is 110 Å². The van der Waals surface area contributed by atoms with Gasteiger partial charge in [0.05, 0.1) is 10.5 Å². The van der Waals surface area contributed by atoms with Crippen LogP contribution in [0.5, 0.6) is 0 Å². The Morgan fingerprint density at radius 3 is 2.19 bits per heavy atom. The molecular weight excluding hydrogens is 497 g/mol. The maximum Gasteiger partial charge on any atom is 0.417 e. The van der Waals surface area contributed by atoms with Gasteiger partial charge in [0.15, 0.2) is 5.76 Å². The third-order valence-corrected chi connectivity index (χ3v) is 6.92. The first-order chi connectivity index (χ1) is 17.0. The molecule has 3 aromatic carbocycles. The van der Waals surface area contributed by atoms with Crippen molar-refractivity contribution < 1.29 is 36.0 Å². The lowest BCUT2D eigenvalue weighted by Crippen LogP contribution is -2.38. The molecule has 0 saturated carbocycles. The number of aromatic nitrogens is 1. The van der Waals surface area contributed by atoms with E-state index in [0.717, 1.165) is 6.07 Å². The zero-order valence-electron chi connectivity index (χ0n) is 18.7. The smallest absolute Gasteiger partial charge is 0.417 e. The lowest BCUT2D eigenvalue weighted by molar-refractivity contribution is -0.138. The number of carboxylic acid groups (broad SMARTS) is 1. The summed E-state index contributed by atoms with van der Waals surface area (Å²) < 4.78 is 73.4. The van der Waals surface area contributed by atoms with Gasteiger partial charge in [-0.3, -0.25) is 4.79 Å². The molecule has 0 radical (unpaired) electrons. The minimum absolute atomic E-state index is 0.0363. The van der Waals surface area contributed by atoms with Crippen molar-refractivity contribution in [2.45, 2.75) is 24.0 Å². The first-order valence-corrected chi connectivity index (χ1v) is 12.0. The number of hydrogen-bond donors (Lipinski definition) is 2. The van der Waals surface area contributed by atoms with E-state index < -0.39 is 33.8 Å². The predicted molar refractivity (Wildman–Crippen MR) is 125 cm³/mol. The Balaban J connectivity index is 1.63. The molecule has 7 nitrogen and oxygen atoms in total. The normalized spacial score (nSPS) is 12.9. The van der Waals surface area contributed by atoms with Crippen molar-refractivity contribution in [3.63, 3.8) is 0 Å². The van der Waals surface area contributed by atoms with E-state index in [4.69, 9.17) is 9.63 Å². The Bertz CT molecular complexity index is 1500. The second-order valence-electron chi connectivity index (χ2n) is 7.91. The van der Waals surface area contributed by atoms with E-state index in [-0.39, 0.29) is 27.5 Å². The fourth-order valence-corrected chi connectivity index (χ4v) is 4.70. The number of benzene rings is 3. The number of alkyl halides is 3. The summed E-state index contributed by atoms with van der Waals surface area (Å²) in [6, 6.07) is 17.6. The molecule has 1 atom stereocenters. The van der Waals surface area contributed by atoms with E-state index >= 15 is 0 Å². The highest BCUT2D eigenvalue weighted by molar-refractivity contribution is 7.89. The Morgan fingerprint density at radius 1 is 0.944 bits per heavy atom. The average Bonchev–Trinajstić information content (AvgIpc) is 3.34. The van der Waals surface area contributed by atoms with E-state index in [1.54, 1.807) is 30.3 Å². The summed E-state index contributed by atoms with van der Waals surface area (Å²) in [5, 5.41) is 12.8. The molecule has 0 aliphatic rings. The van der Waals surface area contributed by atoms with E-state index in [2.05, 4.69) is 5.16 Å². The number of aliphatic carboxylic acids is 1. The van der Waals surface area contributed by atoms with Gasteiger partial charge >= 0.3 is 12.1 Å². The lowest BCUT2D eigenvalue weighted by atomic mass is 9.96. The molecule has 0 saturated heterocycles. The van der Waals surface area contributed by atoms with Gasteiger partial charge in [0.1, 0.15) is 11.7 Å². The average molecular weight is 516 g/mol. The Labute approximate surface area is 204 Å². The third-order valence-electron chi connectivity index (χ3n) is 5.37. The van der Waals surface area contributed by atoms with Gasteiger partial charge in [-0.2, -0.15) is 17.9 Å². The van der Waals surface area contributed by atoms with E-state index in [0.29, 0.717) is 11.1 Å². The van der Waals surface area contributed by atoms with Crippen LogP contribution >= 0.6 is 0 Å². The van der Waals surface area contributed by atoms with E-state index in [1.165, 1.54) is 49.4 Å². The maximum absolute atomic E-state index is 13.8. The predicted octanol–water partition coefficient (Wildman–Crippen LogP) is 5.45. The van der Waals surface area contributed by atoms with Gasteiger partial charge in [-0.15, -0.1) is 0 Å². The number of sulfonamides is 1. The Kier molecular flexibility index (Phi) is 6.70. The zero-order valence-corrected chi connectivity index (χ0v) is 19.5. The number of halogens is 3. The molecule has 0 unspecified atom stereocenters. The molecular formula is C25H19F3N2O5S. The summed E-state index contributed by atoms with van der Waals surface area (Å²) in [6.07, 6.45) is -4.60. The molecule has 36 heavy (non-hydrogen) atoms. The molecule has 11 heteroatoms. The van der Waals surface area contributed by atoms with Crippen LogP contribution in [0.3, 0.4) is 0 Å². The molecule has 0 aliphatic carbocycles. The standard InChI is InChI=1S/C25H19F3N2O5S/c1-15(24(31)32)30-36(33,34)19-10-7-17(8-11-19)22-14-23(35-29-22)18-9-12-20(16-5-3-2-4-6-16)21(13-18)25(26,27)28/h2-15,30H,1H3,(H,31,32)/t15-/m0/s1. The van der Waals surface area contributed by atoms with Crippen molar-refractivity contribution >= 4 is 16.0 Å². The van der Waals surface area contributed by atoms with Crippen LogP contribution in [0.2, 0.25) is 0 Å². The number of hydrogen-bond acceptors (Lipinski definition) is 5. The highest BCUT2D eigenvalue weighted by atomic mass is 32.2. The van der Waals surface area contributed by atoms with Gasteiger partial charge in [-0.05, 0) is 36.2 Å². The summed E-state index contributed by atoms with van der Waals surface area (Å²) in [5.41, 5.74) is 0.549. The zero-order chi connectivity index (χ0) is 26.1. The summed E-state index contributed by atoms with van der Waals surface area (Å²) in [6.45, 7) is 1.20. The molecule has 0 bridgehead atoms. The molecule has 0 aliphatic heterocycles. The van der Waals surface area contributed by atoms with Gasteiger partial charge < -0.3 is 9.63 Å². The number of nitrogens with one attached hydrogen (secondary N) is 1. The molecule has 0 fully saturated rings. The minimum atomic E-state index is -4.60. The largest absolute Gasteiger partial charge is 0.480 e. The van der Waals surface area contributed by atoms with Crippen LogP contribution in [0.4, 0.5) is 13.2 Å². The van der Waals surface area contributed by atoms with Gasteiger partial charge in [0, 0.05) is 17.2 Å². The number of carbonyl (C=O) groups is 1. The fourth-order valence-electron chi connectivity index (χ4n) is 3.50. The molecule has 0 spiro atoms. The Morgan fingerprint density at radius 2 is 1.58 bits per heavy atom. The van der Waals surface area contributed by atoms with Crippen molar-refractivity contribution in [1.82, 2.24) is 9.88 Å². The SMILES string of the molecule is C[C@H](NS(=O)(=O)c1ccc(-c2cc(-c3ccc(-c4ccccc4)c(C(F)(F)F)c3)on2)cc1)C(=O)O. The van der Waals surface area contributed by atoms with Crippen LogP contribution in [0.25, 0.3) is 33.7 Å². The summed E-state index contributed by atoms with van der Waals surface area (Å²) in [5.74, 6) is -1.22.